The van der Waals surface area contributed by atoms with Crippen LogP contribution in [0, 0.1) is 0 Å². The second-order valence-electron chi connectivity index (χ2n) is 6.25. The van der Waals surface area contributed by atoms with E-state index in [-0.39, 0.29) is 11.0 Å². The highest BCUT2D eigenvalue weighted by atomic mass is 19.3. The first-order valence-corrected chi connectivity index (χ1v) is 7.90. The van der Waals surface area contributed by atoms with Crippen LogP contribution in [0.1, 0.15) is 37.8 Å². The highest BCUT2D eigenvalue weighted by Crippen LogP contribution is 2.36. The zero-order valence-electron chi connectivity index (χ0n) is 13.7. The summed E-state index contributed by atoms with van der Waals surface area (Å²) in [6.07, 6.45) is 1.54. The van der Waals surface area contributed by atoms with Gasteiger partial charge in [0.25, 0.3) is 6.43 Å². The number of hydrogen-bond donors (Lipinski definition) is 2. The molecular formula is C18H20F2N4. The Labute approximate surface area is 139 Å². The van der Waals surface area contributed by atoms with Crippen LogP contribution >= 0.6 is 0 Å². The lowest BCUT2D eigenvalue weighted by Crippen LogP contribution is -2.31. The van der Waals surface area contributed by atoms with Crippen molar-refractivity contribution in [2.24, 2.45) is 5.73 Å². The molecule has 0 aliphatic heterocycles. The number of hydrogen-bond acceptors (Lipinski definition) is 3. The molecule has 3 rings (SSSR count). The molecule has 0 radical (unpaired) electrons. The number of fused-ring (bicyclic) bond motifs is 1. The maximum atomic E-state index is 13.4. The van der Waals surface area contributed by atoms with Gasteiger partial charge in [0.15, 0.2) is 5.65 Å². The predicted octanol–water partition coefficient (Wildman–Crippen LogP) is 4.19. The van der Waals surface area contributed by atoms with E-state index in [1.165, 1.54) is 6.07 Å². The molecule has 0 fully saturated rings. The highest BCUT2D eigenvalue weighted by Gasteiger charge is 2.25. The molecule has 6 heteroatoms. The van der Waals surface area contributed by atoms with E-state index in [0.717, 1.165) is 28.5 Å². The summed E-state index contributed by atoms with van der Waals surface area (Å²) >= 11 is 0. The topological polar surface area (TPSA) is 67.6 Å². The molecule has 3 N–H and O–H groups in total. The molecule has 126 valence electrons. The summed E-state index contributed by atoms with van der Waals surface area (Å²) in [6.45, 7) is 4.41. The van der Waals surface area contributed by atoms with Crippen molar-refractivity contribution < 1.29 is 8.78 Å². The van der Waals surface area contributed by atoms with Crippen molar-refractivity contribution in [3.05, 3.63) is 47.8 Å². The lowest BCUT2D eigenvalue weighted by molar-refractivity contribution is 0.151. The third kappa shape index (κ3) is 2.78. The van der Waals surface area contributed by atoms with Crippen LogP contribution < -0.4 is 5.73 Å². The molecule has 2 heterocycles. The lowest BCUT2D eigenvalue weighted by atomic mass is 9.78. The number of rotatable bonds is 5. The number of H-pyrrole nitrogens is 1. The van der Waals surface area contributed by atoms with E-state index in [0.29, 0.717) is 12.2 Å². The van der Waals surface area contributed by atoms with Gasteiger partial charge in [0.1, 0.15) is 0 Å². The number of nitrogens with zero attached hydrogens (tertiary/aromatic N) is 2. The fourth-order valence-electron chi connectivity index (χ4n) is 2.85. The molecule has 0 aliphatic rings. The fraction of sp³-hybridized carbons (Fsp3) is 0.333. The number of alkyl halides is 2. The molecule has 1 atom stereocenters. The first kappa shape index (κ1) is 16.5. The number of halogens is 2. The second-order valence-corrected chi connectivity index (χ2v) is 6.25. The van der Waals surface area contributed by atoms with Gasteiger partial charge in [0.2, 0.25) is 0 Å². The average Bonchev–Trinajstić information content (AvgIpc) is 3.09. The van der Waals surface area contributed by atoms with E-state index in [1.807, 2.05) is 26.0 Å². The third-order valence-corrected chi connectivity index (χ3v) is 4.80. The monoisotopic (exact) mass is 330 g/mol. The number of pyridine rings is 1. The van der Waals surface area contributed by atoms with Gasteiger partial charge in [-0.05, 0) is 41.3 Å². The molecule has 3 aromatic rings. The molecule has 0 amide bonds. The van der Waals surface area contributed by atoms with Crippen LogP contribution in [0.3, 0.4) is 0 Å². The van der Waals surface area contributed by atoms with E-state index in [4.69, 9.17) is 5.73 Å². The first-order chi connectivity index (χ1) is 11.5. The quantitative estimate of drug-likeness (QED) is 0.737. The number of aromatic nitrogens is 3. The van der Waals surface area contributed by atoms with E-state index in [9.17, 15) is 8.78 Å². The van der Waals surface area contributed by atoms with Crippen molar-refractivity contribution in [3.8, 4) is 11.1 Å². The average molecular weight is 330 g/mol. The highest BCUT2D eigenvalue weighted by molar-refractivity contribution is 5.92. The van der Waals surface area contributed by atoms with Crippen molar-refractivity contribution in [1.29, 1.82) is 0 Å². The van der Waals surface area contributed by atoms with Gasteiger partial charge in [-0.3, -0.25) is 5.10 Å². The molecule has 1 unspecified atom stereocenters. The summed E-state index contributed by atoms with van der Waals surface area (Å²) in [4.78, 5) is 4.20. The molecule has 0 spiro atoms. The number of nitrogens with one attached hydrogen (secondary N) is 1. The summed E-state index contributed by atoms with van der Waals surface area (Å²) in [7, 11) is 0. The Hall–Kier alpha value is -2.34. The lowest BCUT2D eigenvalue weighted by Gasteiger charge is -2.28. The molecule has 0 bridgehead atoms. The Morgan fingerprint density at radius 2 is 2.08 bits per heavy atom. The summed E-state index contributed by atoms with van der Waals surface area (Å²) in [5.74, 6) is 0. The number of nitrogens with two attached hydrogens (primary N) is 1. The van der Waals surface area contributed by atoms with Gasteiger partial charge in [0.05, 0.1) is 6.20 Å². The van der Waals surface area contributed by atoms with Gasteiger partial charge in [-0.2, -0.15) is 5.10 Å². The van der Waals surface area contributed by atoms with Gasteiger partial charge < -0.3 is 5.73 Å². The van der Waals surface area contributed by atoms with Crippen LogP contribution in [0.4, 0.5) is 8.78 Å². The minimum absolute atomic E-state index is 0.00378. The van der Waals surface area contributed by atoms with Crippen molar-refractivity contribution in [2.45, 2.75) is 32.1 Å². The molecular weight excluding hydrogens is 310 g/mol. The summed E-state index contributed by atoms with van der Waals surface area (Å²) in [5, 5.41) is 7.60. The van der Waals surface area contributed by atoms with Gasteiger partial charge in [-0.25, -0.2) is 13.8 Å². The van der Waals surface area contributed by atoms with Crippen molar-refractivity contribution in [3.63, 3.8) is 0 Å². The Morgan fingerprint density at radius 3 is 2.75 bits per heavy atom. The molecule has 4 nitrogen and oxygen atoms in total. The predicted molar refractivity (Wildman–Crippen MR) is 91.0 cm³/mol. The molecule has 2 aromatic heterocycles. The van der Waals surface area contributed by atoms with Crippen LogP contribution in [-0.4, -0.2) is 21.7 Å². The van der Waals surface area contributed by atoms with E-state index in [2.05, 4.69) is 15.2 Å². The van der Waals surface area contributed by atoms with Gasteiger partial charge >= 0.3 is 0 Å². The van der Waals surface area contributed by atoms with Gasteiger partial charge in [-0.15, -0.1) is 0 Å². The van der Waals surface area contributed by atoms with Gasteiger partial charge in [0, 0.05) is 29.1 Å². The SMILES string of the molecule is CCC(C)(CN)c1cc(-c2ccnc3[nH]ncc23)cc(C(F)F)c1. The summed E-state index contributed by atoms with van der Waals surface area (Å²) in [5.41, 5.74) is 8.60. The zero-order valence-corrected chi connectivity index (χ0v) is 13.7. The fourth-order valence-corrected chi connectivity index (χ4v) is 2.85. The Morgan fingerprint density at radius 1 is 1.29 bits per heavy atom. The van der Waals surface area contributed by atoms with Crippen LogP contribution in [0.2, 0.25) is 0 Å². The second kappa shape index (κ2) is 6.28. The van der Waals surface area contributed by atoms with E-state index < -0.39 is 6.43 Å². The normalized spacial score (nSPS) is 14.2. The van der Waals surface area contributed by atoms with Crippen molar-refractivity contribution in [2.75, 3.05) is 6.54 Å². The Kier molecular flexibility index (Phi) is 4.32. The molecule has 24 heavy (non-hydrogen) atoms. The smallest absolute Gasteiger partial charge is 0.263 e. The molecule has 0 saturated heterocycles. The first-order valence-electron chi connectivity index (χ1n) is 7.90. The minimum Gasteiger partial charge on any atom is -0.330 e. The molecule has 0 saturated carbocycles. The van der Waals surface area contributed by atoms with E-state index >= 15 is 0 Å². The minimum atomic E-state index is -2.54. The van der Waals surface area contributed by atoms with Gasteiger partial charge in [-0.1, -0.05) is 19.9 Å². The number of benzene rings is 1. The maximum Gasteiger partial charge on any atom is 0.263 e. The molecule has 1 aromatic carbocycles. The van der Waals surface area contributed by atoms with Crippen LogP contribution in [-0.2, 0) is 5.41 Å². The van der Waals surface area contributed by atoms with Crippen LogP contribution in [0.5, 0.6) is 0 Å². The maximum absolute atomic E-state index is 13.4. The standard InChI is InChI=1S/C18H20F2N4/c1-3-18(2,10-21)13-7-11(6-12(8-13)16(19)20)14-4-5-22-17-15(14)9-23-24-17/h4-9,16H,3,10,21H2,1-2H3,(H,22,23,24). The van der Waals surface area contributed by atoms with Crippen molar-refractivity contribution >= 4 is 11.0 Å². The Bertz CT molecular complexity index is 853. The third-order valence-electron chi connectivity index (χ3n) is 4.80. The van der Waals surface area contributed by atoms with E-state index in [1.54, 1.807) is 18.5 Å². The largest absolute Gasteiger partial charge is 0.330 e. The van der Waals surface area contributed by atoms with Crippen LogP contribution in [0.15, 0.2) is 36.7 Å². The van der Waals surface area contributed by atoms with Crippen LogP contribution in [0.25, 0.3) is 22.2 Å². The summed E-state index contributed by atoms with van der Waals surface area (Å²) < 4.78 is 26.9. The number of aromatic amines is 1. The summed E-state index contributed by atoms with van der Waals surface area (Å²) in [6, 6.07) is 6.86. The van der Waals surface area contributed by atoms with Crippen molar-refractivity contribution in [1.82, 2.24) is 15.2 Å². The zero-order chi connectivity index (χ0) is 17.3. The molecule has 0 aliphatic carbocycles. The Balaban J connectivity index is 2.24.